The number of fused-ring (bicyclic) bond motifs is 4. The first kappa shape index (κ1) is 19.5. The van der Waals surface area contributed by atoms with Crippen LogP contribution in [-0.2, 0) is 17.6 Å². The number of carbonyl (C=O) groups excluding carboxylic acids is 1. The van der Waals surface area contributed by atoms with E-state index in [0.29, 0.717) is 0 Å². The molecule has 1 aliphatic heterocycles. The van der Waals surface area contributed by atoms with E-state index in [0.717, 1.165) is 65.0 Å². The number of benzene rings is 1. The zero-order valence-electron chi connectivity index (χ0n) is 18.2. The Kier molecular flexibility index (Phi) is 4.53. The molecule has 0 unspecified atom stereocenters. The van der Waals surface area contributed by atoms with Crippen molar-refractivity contribution in [2.45, 2.75) is 25.7 Å². The van der Waals surface area contributed by atoms with Crippen molar-refractivity contribution in [2.24, 2.45) is 5.92 Å². The van der Waals surface area contributed by atoms with Gasteiger partial charge in [0.25, 0.3) is 0 Å². The molecule has 1 aromatic carbocycles. The number of thiophene rings is 1. The van der Waals surface area contributed by atoms with Gasteiger partial charge in [0.05, 0.1) is 28.5 Å². The van der Waals surface area contributed by atoms with Gasteiger partial charge in [0.15, 0.2) is 0 Å². The smallest absolute Gasteiger partial charge is 0.225 e. The van der Waals surface area contributed by atoms with Crippen LogP contribution in [0.5, 0.6) is 0 Å². The molecule has 0 bridgehead atoms. The molecule has 0 saturated carbocycles. The first-order chi connectivity index (χ1) is 15.6. The van der Waals surface area contributed by atoms with E-state index < -0.39 is 0 Å². The van der Waals surface area contributed by atoms with E-state index in [1.807, 2.05) is 20.3 Å². The van der Waals surface area contributed by atoms with Crippen LogP contribution < -0.4 is 10.2 Å². The Bertz CT molecular complexity index is 1340. The van der Waals surface area contributed by atoms with Gasteiger partial charge in [-0.05, 0) is 43.4 Å². The lowest BCUT2D eigenvalue weighted by Crippen LogP contribution is -2.37. The standard InChI is InChI=1S/C23H25N7OS/c1-29(2)23(31)13-4-5-15-19(9-13)32-22-20(15)21(24-12-25-22)27-17-8-14-11-26-28-16(14)10-18(17)30-6-3-7-30/h8,10-13H,3-7,9H2,1-2H3,(H,26,28)(H,24,25,27)/t13-/m0/s1. The summed E-state index contributed by atoms with van der Waals surface area (Å²) in [5.41, 5.74) is 4.54. The molecule has 8 nitrogen and oxygen atoms in total. The summed E-state index contributed by atoms with van der Waals surface area (Å²) in [6.07, 6.45) is 7.22. The Morgan fingerprint density at radius 3 is 2.94 bits per heavy atom. The highest BCUT2D eigenvalue weighted by Crippen LogP contribution is 2.42. The first-order valence-electron chi connectivity index (χ1n) is 11.0. The number of nitrogens with one attached hydrogen (secondary N) is 2. The summed E-state index contributed by atoms with van der Waals surface area (Å²) in [7, 11) is 3.67. The topological polar surface area (TPSA) is 90.0 Å². The fourth-order valence-electron chi connectivity index (χ4n) is 4.81. The maximum atomic E-state index is 12.5. The van der Waals surface area contributed by atoms with Gasteiger partial charge >= 0.3 is 0 Å². The van der Waals surface area contributed by atoms with E-state index in [1.54, 1.807) is 22.6 Å². The number of nitrogens with zero attached hydrogens (tertiary/aromatic N) is 5. The third-order valence-corrected chi connectivity index (χ3v) is 7.80. The van der Waals surface area contributed by atoms with Crippen LogP contribution >= 0.6 is 11.3 Å². The van der Waals surface area contributed by atoms with E-state index in [-0.39, 0.29) is 11.8 Å². The summed E-state index contributed by atoms with van der Waals surface area (Å²) in [5.74, 6) is 1.11. The molecule has 2 aliphatic rings. The number of carbonyl (C=O) groups is 1. The normalized spacial score (nSPS) is 17.9. The van der Waals surface area contributed by atoms with Gasteiger partial charge < -0.3 is 15.1 Å². The van der Waals surface area contributed by atoms with E-state index in [9.17, 15) is 4.79 Å². The summed E-state index contributed by atoms with van der Waals surface area (Å²) < 4.78 is 0. The van der Waals surface area contributed by atoms with Crippen LogP contribution in [0.1, 0.15) is 23.3 Å². The van der Waals surface area contributed by atoms with E-state index >= 15 is 0 Å². The molecule has 4 heterocycles. The molecular weight excluding hydrogens is 422 g/mol. The number of hydrogen-bond donors (Lipinski definition) is 2. The average molecular weight is 448 g/mol. The minimum atomic E-state index is 0.0523. The summed E-state index contributed by atoms with van der Waals surface area (Å²) in [5, 5.41) is 13.1. The van der Waals surface area contributed by atoms with Crippen LogP contribution in [0, 0.1) is 5.92 Å². The second kappa shape index (κ2) is 7.44. The maximum absolute atomic E-state index is 12.5. The van der Waals surface area contributed by atoms with Crippen molar-refractivity contribution in [1.82, 2.24) is 25.1 Å². The number of amides is 1. The molecule has 1 atom stereocenters. The Hall–Kier alpha value is -3.20. The quantitative estimate of drug-likeness (QED) is 0.496. The second-order valence-electron chi connectivity index (χ2n) is 8.87. The van der Waals surface area contributed by atoms with Crippen LogP contribution in [0.2, 0.25) is 0 Å². The van der Waals surface area contributed by atoms with Crippen molar-refractivity contribution in [2.75, 3.05) is 37.4 Å². The SMILES string of the molecule is CN(C)C(=O)[C@H]1CCc2c(sc3ncnc(Nc4cc5cn[nH]c5cc4N4CCC4)c23)C1. The average Bonchev–Trinajstić information content (AvgIpc) is 3.35. The van der Waals surface area contributed by atoms with Crippen LogP contribution in [0.15, 0.2) is 24.7 Å². The number of aromatic amines is 1. The maximum Gasteiger partial charge on any atom is 0.225 e. The second-order valence-corrected chi connectivity index (χ2v) is 9.95. The Labute approximate surface area is 189 Å². The lowest BCUT2D eigenvalue weighted by Gasteiger charge is -2.34. The highest BCUT2D eigenvalue weighted by Gasteiger charge is 2.30. The Morgan fingerprint density at radius 2 is 2.16 bits per heavy atom. The molecule has 1 amide bonds. The molecule has 0 radical (unpaired) electrons. The van der Waals surface area contributed by atoms with Crippen LogP contribution in [0.3, 0.4) is 0 Å². The number of H-pyrrole nitrogens is 1. The molecule has 4 aromatic rings. The highest BCUT2D eigenvalue weighted by atomic mass is 32.1. The molecular formula is C23H25N7OS. The van der Waals surface area contributed by atoms with Gasteiger partial charge in [-0.1, -0.05) is 0 Å². The first-order valence-corrected chi connectivity index (χ1v) is 11.9. The van der Waals surface area contributed by atoms with Crippen molar-refractivity contribution in [3.8, 4) is 0 Å². The van der Waals surface area contributed by atoms with Crippen LogP contribution in [-0.4, -0.2) is 58.2 Å². The predicted molar refractivity (Wildman–Crippen MR) is 128 cm³/mol. The number of hydrogen-bond acceptors (Lipinski definition) is 7. The molecule has 1 saturated heterocycles. The summed E-state index contributed by atoms with van der Waals surface area (Å²) in [6.45, 7) is 2.12. The fraction of sp³-hybridized carbons (Fsp3) is 0.391. The van der Waals surface area contributed by atoms with Gasteiger partial charge in [-0.25, -0.2) is 9.97 Å². The zero-order valence-corrected chi connectivity index (χ0v) is 19.0. The third-order valence-electron chi connectivity index (χ3n) is 6.64. The van der Waals surface area contributed by atoms with Crippen LogP contribution in [0.4, 0.5) is 17.2 Å². The van der Waals surface area contributed by atoms with Gasteiger partial charge in [0.2, 0.25) is 5.91 Å². The van der Waals surface area contributed by atoms with Crippen molar-refractivity contribution in [3.05, 3.63) is 35.1 Å². The molecule has 6 rings (SSSR count). The highest BCUT2D eigenvalue weighted by molar-refractivity contribution is 7.19. The summed E-state index contributed by atoms with van der Waals surface area (Å²) in [6, 6.07) is 4.31. The monoisotopic (exact) mass is 447 g/mol. The zero-order chi connectivity index (χ0) is 21.8. The Balaban J connectivity index is 1.40. The van der Waals surface area contributed by atoms with Gasteiger partial charge in [0.1, 0.15) is 17.0 Å². The van der Waals surface area contributed by atoms with Gasteiger partial charge in [-0.2, -0.15) is 5.10 Å². The lowest BCUT2D eigenvalue weighted by atomic mass is 9.87. The number of aromatic nitrogens is 4. The third kappa shape index (κ3) is 3.10. The molecule has 164 valence electrons. The number of rotatable bonds is 4. The largest absolute Gasteiger partial charge is 0.370 e. The molecule has 1 aliphatic carbocycles. The van der Waals surface area contributed by atoms with Gasteiger partial charge in [0, 0.05) is 43.4 Å². The molecule has 2 N–H and O–H groups in total. The van der Waals surface area contributed by atoms with Gasteiger partial charge in [-0.15, -0.1) is 11.3 Å². The van der Waals surface area contributed by atoms with E-state index in [4.69, 9.17) is 0 Å². The molecule has 0 spiro atoms. The summed E-state index contributed by atoms with van der Waals surface area (Å²) >= 11 is 1.70. The molecule has 3 aromatic heterocycles. The minimum Gasteiger partial charge on any atom is -0.370 e. The minimum absolute atomic E-state index is 0.0523. The van der Waals surface area contributed by atoms with E-state index in [2.05, 4.69) is 42.5 Å². The molecule has 32 heavy (non-hydrogen) atoms. The Morgan fingerprint density at radius 1 is 1.28 bits per heavy atom. The lowest BCUT2D eigenvalue weighted by molar-refractivity contribution is -0.133. The predicted octanol–water partition coefficient (Wildman–Crippen LogP) is 3.71. The van der Waals surface area contributed by atoms with E-state index in [1.165, 1.54) is 22.5 Å². The number of aryl methyl sites for hydroxylation is 1. The van der Waals surface area contributed by atoms with Crippen molar-refractivity contribution < 1.29 is 4.79 Å². The summed E-state index contributed by atoms with van der Waals surface area (Å²) in [4.78, 5) is 28.1. The van der Waals surface area contributed by atoms with Crippen LogP contribution in [0.25, 0.3) is 21.1 Å². The van der Waals surface area contributed by atoms with Crippen molar-refractivity contribution in [3.63, 3.8) is 0 Å². The fourth-order valence-corrected chi connectivity index (χ4v) is 6.07. The van der Waals surface area contributed by atoms with Crippen molar-refractivity contribution >= 4 is 55.6 Å². The van der Waals surface area contributed by atoms with Crippen molar-refractivity contribution in [1.29, 1.82) is 0 Å². The molecule has 9 heteroatoms. The molecule has 1 fully saturated rings. The number of anilines is 3. The van der Waals surface area contributed by atoms with Gasteiger partial charge in [-0.3, -0.25) is 9.89 Å².